The second-order valence-corrected chi connectivity index (χ2v) is 4.90. The van der Waals surface area contributed by atoms with Crippen LogP contribution in [-0.2, 0) is 6.42 Å². The highest BCUT2D eigenvalue weighted by molar-refractivity contribution is 6.30. The maximum Gasteiger partial charge on any atom is 0.155 e. The summed E-state index contributed by atoms with van der Waals surface area (Å²) in [6.07, 6.45) is 0.484. The molecule has 0 saturated carbocycles. The van der Waals surface area contributed by atoms with E-state index in [0.29, 0.717) is 29.5 Å². The van der Waals surface area contributed by atoms with Crippen LogP contribution in [0.3, 0.4) is 0 Å². The first kappa shape index (κ1) is 14.7. The molecule has 106 valence electrons. The molecular weight excluding hydrogens is 284 g/mol. The number of nitrogens with zero attached hydrogens (tertiary/aromatic N) is 2. The Morgan fingerprint density at radius 3 is 2.35 bits per heavy atom. The van der Waals surface area contributed by atoms with Crippen LogP contribution < -0.4 is 5.32 Å². The van der Waals surface area contributed by atoms with Crippen molar-refractivity contribution in [1.82, 2.24) is 10.2 Å². The second-order valence-electron chi connectivity index (χ2n) is 4.54. The molecule has 2 aromatic rings. The Morgan fingerprint density at radius 1 is 1.05 bits per heavy atom. The van der Waals surface area contributed by atoms with Gasteiger partial charge < -0.3 is 5.32 Å². The van der Waals surface area contributed by atoms with E-state index in [1.165, 1.54) is 12.1 Å². The number of aromatic nitrogens is 2. The van der Waals surface area contributed by atoms with Crippen molar-refractivity contribution in [3.63, 3.8) is 0 Å². The SMILES string of the molecule is Cc1c(Cl)nnc(NCCc2cc(F)cc(F)c2)c1C. The van der Waals surface area contributed by atoms with E-state index in [2.05, 4.69) is 15.5 Å². The van der Waals surface area contributed by atoms with E-state index >= 15 is 0 Å². The minimum atomic E-state index is -0.571. The maximum absolute atomic E-state index is 13.0. The molecule has 0 atom stereocenters. The minimum Gasteiger partial charge on any atom is -0.368 e. The zero-order valence-electron chi connectivity index (χ0n) is 11.2. The lowest BCUT2D eigenvalue weighted by Gasteiger charge is -2.10. The summed E-state index contributed by atoms with van der Waals surface area (Å²) >= 11 is 5.87. The van der Waals surface area contributed by atoms with Gasteiger partial charge in [0.15, 0.2) is 11.0 Å². The monoisotopic (exact) mass is 297 g/mol. The summed E-state index contributed by atoms with van der Waals surface area (Å²) in [6, 6.07) is 3.49. The first-order chi connectivity index (χ1) is 9.47. The van der Waals surface area contributed by atoms with Crippen LogP contribution in [0.15, 0.2) is 18.2 Å². The quantitative estimate of drug-likeness (QED) is 0.935. The molecule has 0 aliphatic carbocycles. The molecule has 0 saturated heterocycles. The Bertz CT molecular complexity index is 612. The summed E-state index contributed by atoms with van der Waals surface area (Å²) in [7, 11) is 0. The molecule has 0 bridgehead atoms. The molecule has 0 aliphatic heterocycles. The Morgan fingerprint density at radius 2 is 1.70 bits per heavy atom. The fourth-order valence-corrected chi connectivity index (χ4v) is 2.00. The first-order valence-electron chi connectivity index (χ1n) is 6.15. The van der Waals surface area contributed by atoms with E-state index in [9.17, 15) is 8.78 Å². The molecule has 2 rings (SSSR count). The van der Waals surface area contributed by atoms with Gasteiger partial charge in [0.05, 0.1) is 0 Å². The van der Waals surface area contributed by atoms with Gasteiger partial charge in [-0.3, -0.25) is 0 Å². The Balaban J connectivity index is 2.01. The third-order valence-electron chi connectivity index (χ3n) is 3.09. The van der Waals surface area contributed by atoms with Gasteiger partial charge in [0, 0.05) is 12.6 Å². The number of nitrogens with one attached hydrogen (secondary N) is 1. The average molecular weight is 298 g/mol. The van der Waals surface area contributed by atoms with Crippen molar-refractivity contribution >= 4 is 17.4 Å². The average Bonchev–Trinajstić information content (AvgIpc) is 2.38. The van der Waals surface area contributed by atoms with Crippen LogP contribution in [-0.4, -0.2) is 16.7 Å². The summed E-state index contributed by atoms with van der Waals surface area (Å²) in [5.74, 6) is -0.514. The van der Waals surface area contributed by atoms with Crippen molar-refractivity contribution in [1.29, 1.82) is 0 Å². The number of rotatable bonds is 4. The van der Waals surface area contributed by atoms with Gasteiger partial charge in [-0.15, -0.1) is 10.2 Å². The van der Waals surface area contributed by atoms with E-state index < -0.39 is 11.6 Å². The molecule has 0 aliphatic rings. The van der Waals surface area contributed by atoms with Crippen LogP contribution in [0.2, 0.25) is 5.15 Å². The second kappa shape index (κ2) is 6.13. The van der Waals surface area contributed by atoms with Gasteiger partial charge in [-0.05, 0) is 49.1 Å². The molecule has 1 aromatic heterocycles. The van der Waals surface area contributed by atoms with Crippen LogP contribution in [0.4, 0.5) is 14.6 Å². The highest BCUT2D eigenvalue weighted by Gasteiger charge is 2.07. The van der Waals surface area contributed by atoms with Gasteiger partial charge in [-0.2, -0.15) is 0 Å². The minimum absolute atomic E-state index is 0.375. The van der Waals surface area contributed by atoms with Gasteiger partial charge in [0.1, 0.15) is 11.6 Å². The largest absolute Gasteiger partial charge is 0.368 e. The van der Waals surface area contributed by atoms with Crippen LogP contribution >= 0.6 is 11.6 Å². The lowest BCUT2D eigenvalue weighted by atomic mass is 10.1. The van der Waals surface area contributed by atoms with E-state index in [0.717, 1.165) is 17.2 Å². The van der Waals surface area contributed by atoms with Crippen molar-refractivity contribution in [3.8, 4) is 0 Å². The molecule has 20 heavy (non-hydrogen) atoms. The van der Waals surface area contributed by atoms with Crippen LogP contribution in [0, 0.1) is 25.5 Å². The van der Waals surface area contributed by atoms with Crippen LogP contribution in [0.5, 0.6) is 0 Å². The molecule has 6 heteroatoms. The van der Waals surface area contributed by atoms with E-state index in [1.54, 1.807) is 0 Å². The molecule has 1 aromatic carbocycles. The third-order valence-corrected chi connectivity index (χ3v) is 3.45. The molecular formula is C14H14ClF2N3. The predicted octanol–water partition coefficient (Wildman–Crippen LogP) is 3.68. The maximum atomic E-state index is 13.0. The Kier molecular flexibility index (Phi) is 4.49. The number of hydrogen-bond donors (Lipinski definition) is 1. The van der Waals surface area contributed by atoms with Gasteiger partial charge >= 0.3 is 0 Å². The highest BCUT2D eigenvalue weighted by Crippen LogP contribution is 2.20. The summed E-state index contributed by atoms with van der Waals surface area (Å²) in [5, 5.41) is 11.3. The molecule has 0 spiro atoms. The van der Waals surface area contributed by atoms with Gasteiger partial charge in [-0.1, -0.05) is 11.6 Å². The number of halogens is 3. The fraction of sp³-hybridized carbons (Fsp3) is 0.286. The van der Waals surface area contributed by atoms with Crippen molar-refractivity contribution in [2.75, 3.05) is 11.9 Å². The normalized spacial score (nSPS) is 10.7. The highest BCUT2D eigenvalue weighted by atomic mass is 35.5. The van der Waals surface area contributed by atoms with Gasteiger partial charge in [-0.25, -0.2) is 8.78 Å². The van der Waals surface area contributed by atoms with Crippen molar-refractivity contribution in [2.24, 2.45) is 0 Å². The predicted molar refractivity (Wildman–Crippen MR) is 75.1 cm³/mol. The zero-order valence-corrected chi connectivity index (χ0v) is 11.9. The van der Waals surface area contributed by atoms with Crippen molar-refractivity contribution < 1.29 is 8.78 Å². The fourth-order valence-electron chi connectivity index (χ4n) is 1.82. The molecule has 0 amide bonds. The molecule has 1 N–H and O–H groups in total. The lowest BCUT2D eigenvalue weighted by Crippen LogP contribution is -2.10. The first-order valence-corrected chi connectivity index (χ1v) is 6.53. The van der Waals surface area contributed by atoms with Gasteiger partial charge in [0.25, 0.3) is 0 Å². The van der Waals surface area contributed by atoms with E-state index in [4.69, 9.17) is 11.6 Å². The molecule has 0 fully saturated rings. The standard InChI is InChI=1S/C14H14ClF2N3/c1-8-9(2)14(20-19-13(8)15)18-4-3-10-5-11(16)7-12(17)6-10/h5-7H,3-4H2,1-2H3,(H,18,20). The molecule has 0 unspecified atom stereocenters. The smallest absolute Gasteiger partial charge is 0.155 e. The van der Waals surface area contributed by atoms with Crippen LogP contribution in [0.25, 0.3) is 0 Å². The lowest BCUT2D eigenvalue weighted by molar-refractivity contribution is 0.580. The summed E-state index contributed by atoms with van der Waals surface area (Å²) in [6.45, 7) is 4.25. The number of benzene rings is 1. The van der Waals surface area contributed by atoms with Crippen LogP contribution in [0.1, 0.15) is 16.7 Å². The van der Waals surface area contributed by atoms with Gasteiger partial charge in [0.2, 0.25) is 0 Å². The van der Waals surface area contributed by atoms with Crippen molar-refractivity contribution in [2.45, 2.75) is 20.3 Å². The number of anilines is 1. The van der Waals surface area contributed by atoms with E-state index in [1.807, 2.05) is 13.8 Å². The third kappa shape index (κ3) is 3.42. The Labute approximate surface area is 121 Å². The van der Waals surface area contributed by atoms with E-state index in [-0.39, 0.29) is 0 Å². The zero-order chi connectivity index (χ0) is 14.7. The Hall–Kier alpha value is -1.75. The summed E-state index contributed by atoms with van der Waals surface area (Å²) in [5.41, 5.74) is 2.36. The molecule has 3 nitrogen and oxygen atoms in total. The molecule has 1 heterocycles. The van der Waals surface area contributed by atoms with Crippen molar-refractivity contribution in [3.05, 3.63) is 51.7 Å². The topological polar surface area (TPSA) is 37.8 Å². The number of hydrogen-bond acceptors (Lipinski definition) is 3. The molecule has 0 radical (unpaired) electrons. The summed E-state index contributed by atoms with van der Waals surface area (Å²) in [4.78, 5) is 0. The summed E-state index contributed by atoms with van der Waals surface area (Å²) < 4.78 is 26.1.